The van der Waals surface area contributed by atoms with E-state index in [-0.39, 0.29) is 0 Å². The van der Waals surface area contributed by atoms with Crippen LogP contribution < -0.4 is 21.5 Å². The molecule has 1 aromatic heterocycles. The molecular formula is C18H19N5O6. The molecule has 0 saturated carbocycles. The summed E-state index contributed by atoms with van der Waals surface area (Å²) >= 11 is 0. The number of anilines is 2. The van der Waals surface area contributed by atoms with Crippen molar-refractivity contribution in [1.82, 2.24) is 4.57 Å². The van der Waals surface area contributed by atoms with E-state index in [9.17, 15) is 24.5 Å². The van der Waals surface area contributed by atoms with E-state index in [0.29, 0.717) is 18.9 Å². The Morgan fingerprint density at radius 3 is 2.45 bits per heavy atom. The van der Waals surface area contributed by atoms with Crippen LogP contribution in [0.5, 0.6) is 0 Å². The molecule has 0 bridgehead atoms. The van der Waals surface area contributed by atoms with Crippen LogP contribution in [0.15, 0.2) is 41.3 Å². The lowest BCUT2D eigenvalue weighted by molar-refractivity contribution is -0.385. The first kappa shape index (κ1) is 20.0. The number of hydrogen-bond acceptors (Lipinski definition) is 7. The van der Waals surface area contributed by atoms with Gasteiger partial charge in [0.25, 0.3) is 17.2 Å². The van der Waals surface area contributed by atoms with Gasteiger partial charge in [-0.3, -0.25) is 29.1 Å². The standard InChI is InChI=1S/C18H19N5O6/c19-17(25)15-9-14(23(27)28)10-22(18(15)26)11-16(24)20-12-1-3-13(4-2-12)21-5-7-29-8-6-21/h1-4,9-10H,5-8,11H2,(H2,19,25)(H,20,24). The number of carbonyl (C=O) groups excluding carboxylic acids is 2. The second kappa shape index (κ2) is 8.52. The van der Waals surface area contributed by atoms with Crippen molar-refractivity contribution in [2.75, 3.05) is 36.5 Å². The second-order valence-electron chi connectivity index (χ2n) is 6.36. The number of benzene rings is 1. The topological polar surface area (TPSA) is 150 Å². The first-order chi connectivity index (χ1) is 13.8. The molecule has 1 aliphatic heterocycles. The Balaban J connectivity index is 1.73. The maximum atomic E-state index is 12.3. The van der Waals surface area contributed by atoms with Gasteiger partial charge in [0, 0.05) is 30.5 Å². The van der Waals surface area contributed by atoms with Crippen molar-refractivity contribution in [3.63, 3.8) is 0 Å². The molecule has 11 nitrogen and oxygen atoms in total. The molecule has 0 radical (unpaired) electrons. The van der Waals surface area contributed by atoms with Crippen LogP contribution in [0, 0.1) is 10.1 Å². The lowest BCUT2D eigenvalue weighted by Gasteiger charge is -2.28. The third-order valence-corrected chi connectivity index (χ3v) is 4.39. The Labute approximate surface area is 164 Å². The Hall–Kier alpha value is -3.73. The summed E-state index contributed by atoms with van der Waals surface area (Å²) < 4.78 is 6.10. The van der Waals surface area contributed by atoms with Gasteiger partial charge in [-0.2, -0.15) is 0 Å². The molecule has 0 aliphatic carbocycles. The highest BCUT2D eigenvalue weighted by Crippen LogP contribution is 2.19. The van der Waals surface area contributed by atoms with E-state index in [1.54, 1.807) is 12.1 Å². The van der Waals surface area contributed by atoms with Crippen LogP contribution in [-0.2, 0) is 16.1 Å². The van der Waals surface area contributed by atoms with Gasteiger partial charge in [-0.15, -0.1) is 0 Å². The molecule has 0 unspecified atom stereocenters. The molecule has 3 N–H and O–H groups in total. The first-order valence-corrected chi connectivity index (χ1v) is 8.76. The van der Waals surface area contributed by atoms with Gasteiger partial charge in [0.2, 0.25) is 5.91 Å². The van der Waals surface area contributed by atoms with Crippen molar-refractivity contribution in [1.29, 1.82) is 0 Å². The number of morpholine rings is 1. The molecule has 2 amide bonds. The van der Waals surface area contributed by atoms with Crippen molar-refractivity contribution >= 4 is 28.9 Å². The predicted molar refractivity (Wildman–Crippen MR) is 104 cm³/mol. The highest BCUT2D eigenvalue weighted by Gasteiger charge is 2.19. The number of nitrogens with zero attached hydrogens (tertiary/aromatic N) is 3. The molecule has 1 saturated heterocycles. The Morgan fingerprint density at radius 2 is 1.86 bits per heavy atom. The lowest BCUT2D eigenvalue weighted by atomic mass is 10.2. The van der Waals surface area contributed by atoms with Crippen molar-refractivity contribution in [3.8, 4) is 0 Å². The van der Waals surface area contributed by atoms with Crippen LogP contribution in [0.2, 0.25) is 0 Å². The fraction of sp³-hybridized carbons (Fsp3) is 0.278. The van der Waals surface area contributed by atoms with E-state index >= 15 is 0 Å². The van der Waals surface area contributed by atoms with Crippen LogP contribution in [0.3, 0.4) is 0 Å². The number of rotatable bonds is 6. The summed E-state index contributed by atoms with van der Waals surface area (Å²) in [5, 5.41) is 13.6. The van der Waals surface area contributed by atoms with Gasteiger partial charge in [-0.25, -0.2) is 0 Å². The molecule has 152 valence electrons. The number of aromatic nitrogens is 1. The average Bonchev–Trinajstić information content (AvgIpc) is 2.70. The number of carbonyl (C=O) groups is 2. The predicted octanol–water partition coefficient (Wildman–Crippen LogP) is 0.331. The summed E-state index contributed by atoms with van der Waals surface area (Å²) in [6, 6.07) is 7.93. The first-order valence-electron chi connectivity index (χ1n) is 8.76. The maximum Gasteiger partial charge on any atom is 0.286 e. The van der Waals surface area contributed by atoms with Crippen LogP contribution in [-0.4, -0.2) is 47.6 Å². The maximum absolute atomic E-state index is 12.3. The molecule has 1 aromatic carbocycles. The molecular weight excluding hydrogens is 382 g/mol. The summed E-state index contributed by atoms with van der Waals surface area (Å²) in [6.07, 6.45) is 0.899. The summed E-state index contributed by atoms with van der Waals surface area (Å²) in [5.41, 5.74) is 4.65. The van der Waals surface area contributed by atoms with Gasteiger partial charge < -0.3 is 20.7 Å². The Kier molecular flexibility index (Phi) is 5.88. The zero-order chi connectivity index (χ0) is 21.0. The quantitative estimate of drug-likeness (QED) is 0.523. The van der Waals surface area contributed by atoms with Gasteiger partial charge in [-0.1, -0.05) is 0 Å². The fourth-order valence-electron chi connectivity index (χ4n) is 2.95. The van der Waals surface area contributed by atoms with Crippen molar-refractivity contribution in [3.05, 3.63) is 62.6 Å². The molecule has 2 heterocycles. The summed E-state index contributed by atoms with van der Waals surface area (Å²) in [5.74, 6) is -1.69. The molecule has 0 spiro atoms. The van der Waals surface area contributed by atoms with Crippen molar-refractivity contribution in [2.24, 2.45) is 5.73 Å². The zero-order valence-electron chi connectivity index (χ0n) is 15.4. The van der Waals surface area contributed by atoms with E-state index in [0.717, 1.165) is 35.6 Å². The van der Waals surface area contributed by atoms with Gasteiger partial charge in [0.1, 0.15) is 12.1 Å². The number of primary amides is 1. The highest BCUT2D eigenvalue weighted by molar-refractivity contribution is 5.93. The Bertz CT molecular complexity index is 995. The van der Waals surface area contributed by atoms with Crippen LogP contribution in [0.1, 0.15) is 10.4 Å². The number of amides is 2. The molecule has 3 rings (SSSR count). The minimum atomic E-state index is -1.11. The number of nitrogens with two attached hydrogens (primary N) is 1. The monoisotopic (exact) mass is 401 g/mol. The van der Waals surface area contributed by atoms with E-state index in [1.807, 2.05) is 12.1 Å². The lowest BCUT2D eigenvalue weighted by Crippen LogP contribution is -2.36. The number of pyridine rings is 1. The van der Waals surface area contributed by atoms with Crippen LogP contribution in [0.4, 0.5) is 17.1 Å². The van der Waals surface area contributed by atoms with Gasteiger partial charge in [0.05, 0.1) is 24.3 Å². The third kappa shape index (κ3) is 4.76. The smallest absolute Gasteiger partial charge is 0.286 e. The molecule has 1 fully saturated rings. The second-order valence-corrected chi connectivity index (χ2v) is 6.36. The van der Waals surface area contributed by atoms with Crippen LogP contribution >= 0.6 is 0 Å². The summed E-state index contributed by atoms with van der Waals surface area (Å²) in [4.78, 5) is 48.3. The molecule has 29 heavy (non-hydrogen) atoms. The number of ether oxygens (including phenoxy) is 1. The largest absolute Gasteiger partial charge is 0.378 e. The number of hydrogen-bond donors (Lipinski definition) is 2. The Morgan fingerprint density at radius 1 is 1.21 bits per heavy atom. The number of nitro groups is 1. The van der Waals surface area contributed by atoms with E-state index in [4.69, 9.17) is 10.5 Å². The van der Waals surface area contributed by atoms with Gasteiger partial charge in [-0.05, 0) is 24.3 Å². The van der Waals surface area contributed by atoms with Crippen molar-refractivity contribution in [2.45, 2.75) is 6.54 Å². The molecule has 11 heteroatoms. The van der Waals surface area contributed by atoms with Crippen LogP contribution in [0.25, 0.3) is 0 Å². The van der Waals surface area contributed by atoms with Gasteiger partial charge >= 0.3 is 0 Å². The third-order valence-electron chi connectivity index (χ3n) is 4.39. The minimum absolute atomic E-state index is 0.501. The number of nitrogens with one attached hydrogen (secondary N) is 1. The normalized spacial score (nSPS) is 13.7. The summed E-state index contributed by atoms with van der Waals surface area (Å²) in [6.45, 7) is 2.37. The van der Waals surface area contributed by atoms with Gasteiger partial charge in [0.15, 0.2) is 0 Å². The molecule has 0 atom stereocenters. The zero-order valence-corrected chi connectivity index (χ0v) is 15.4. The highest BCUT2D eigenvalue weighted by atomic mass is 16.6. The minimum Gasteiger partial charge on any atom is -0.378 e. The fourth-order valence-corrected chi connectivity index (χ4v) is 2.95. The van der Waals surface area contributed by atoms with Crippen molar-refractivity contribution < 1.29 is 19.2 Å². The summed E-state index contributed by atoms with van der Waals surface area (Å²) in [7, 11) is 0. The molecule has 1 aliphatic rings. The van der Waals surface area contributed by atoms with E-state index in [2.05, 4.69) is 10.2 Å². The van der Waals surface area contributed by atoms with E-state index < -0.39 is 40.1 Å². The van der Waals surface area contributed by atoms with E-state index in [1.165, 1.54) is 0 Å². The molecule has 2 aromatic rings. The average molecular weight is 401 g/mol. The SMILES string of the molecule is NC(=O)c1cc([N+](=O)[O-])cn(CC(=O)Nc2ccc(N3CCOCC3)cc2)c1=O.